The van der Waals surface area contributed by atoms with Crippen molar-refractivity contribution in [3.63, 3.8) is 0 Å². The number of aryl methyl sites for hydroxylation is 1. The van der Waals surface area contributed by atoms with E-state index in [1.165, 1.54) is 22.9 Å². The largest absolute Gasteiger partial charge is 0.416 e. The van der Waals surface area contributed by atoms with E-state index >= 15 is 0 Å². The van der Waals surface area contributed by atoms with Crippen molar-refractivity contribution in [3.8, 4) is 5.69 Å². The molecule has 1 amide bonds. The number of halogens is 4. The van der Waals surface area contributed by atoms with Crippen molar-refractivity contribution in [2.45, 2.75) is 39.9 Å². The van der Waals surface area contributed by atoms with Crippen molar-refractivity contribution < 1.29 is 22.4 Å². The maximum Gasteiger partial charge on any atom is 0.416 e. The summed E-state index contributed by atoms with van der Waals surface area (Å²) in [5.41, 5.74) is 2.05. The molecule has 0 radical (unpaired) electrons. The van der Waals surface area contributed by atoms with Gasteiger partial charge in [-0.2, -0.15) is 18.3 Å². The van der Waals surface area contributed by atoms with E-state index in [9.17, 15) is 22.4 Å². The smallest absolute Gasteiger partial charge is 0.338 e. The highest BCUT2D eigenvalue weighted by Crippen LogP contribution is 2.31. The average Bonchev–Trinajstić information content (AvgIpc) is 2.99. The van der Waals surface area contributed by atoms with Crippen LogP contribution in [0.5, 0.6) is 0 Å². The highest BCUT2D eigenvalue weighted by atomic mass is 19.4. The van der Waals surface area contributed by atoms with Gasteiger partial charge in [0.15, 0.2) is 0 Å². The zero-order chi connectivity index (χ0) is 22.8. The van der Waals surface area contributed by atoms with Crippen molar-refractivity contribution in [2.24, 2.45) is 0 Å². The van der Waals surface area contributed by atoms with Crippen molar-refractivity contribution in [3.05, 3.63) is 82.4 Å². The molecule has 4 nitrogen and oxygen atoms in total. The Morgan fingerprint density at radius 1 is 1.10 bits per heavy atom. The molecule has 8 heteroatoms. The Labute approximate surface area is 178 Å². The number of aromatic nitrogens is 2. The molecule has 0 aliphatic rings. The van der Waals surface area contributed by atoms with Crippen LogP contribution in [-0.2, 0) is 23.9 Å². The number of rotatable bonds is 6. The highest BCUT2D eigenvalue weighted by Gasteiger charge is 2.31. The number of carbonyl (C=O) groups is 1. The molecule has 0 bridgehead atoms. The molecule has 0 aliphatic heterocycles. The number of alkyl halides is 3. The van der Waals surface area contributed by atoms with Crippen LogP contribution in [0.25, 0.3) is 5.69 Å². The molecule has 0 atom stereocenters. The predicted octanol–water partition coefficient (Wildman–Crippen LogP) is 5.24. The highest BCUT2D eigenvalue weighted by molar-refractivity contribution is 5.79. The van der Waals surface area contributed by atoms with Gasteiger partial charge in [-0.05, 0) is 56.7 Å². The number of benzene rings is 2. The van der Waals surface area contributed by atoms with Crippen LogP contribution in [0.3, 0.4) is 0 Å². The first-order valence-electron chi connectivity index (χ1n) is 9.85. The van der Waals surface area contributed by atoms with Gasteiger partial charge in [-0.3, -0.25) is 4.79 Å². The van der Waals surface area contributed by atoms with Gasteiger partial charge < -0.3 is 4.90 Å². The predicted molar refractivity (Wildman–Crippen MR) is 109 cm³/mol. The first-order chi connectivity index (χ1) is 14.6. The topological polar surface area (TPSA) is 38.1 Å². The molecule has 0 fully saturated rings. The van der Waals surface area contributed by atoms with Crippen LogP contribution < -0.4 is 0 Å². The molecule has 0 aliphatic carbocycles. The molecule has 1 heterocycles. The van der Waals surface area contributed by atoms with Gasteiger partial charge in [-0.1, -0.05) is 18.2 Å². The number of carbonyl (C=O) groups excluding carboxylic acids is 1. The van der Waals surface area contributed by atoms with Crippen LogP contribution in [0.1, 0.15) is 35.0 Å². The van der Waals surface area contributed by atoms with Gasteiger partial charge in [-0.15, -0.1) is 0 Å². The monoisotopic (exact) mass is 433 g/mol. The van der Waals surface area contributed by atoms with Crippen LogP contribution in [0.2, 0.25) is 0 Å². The number of likely N-dealkylation sites (N-methyl/N-ethyl adjacent to an activating group) is 1. The zero-order valence-electron chi connectivity index (χ0n) is 17.5. The second kappa shape index (κ2) is 8.91. The zero-order valence-corrected chi connectivity index (χ0v) is 17.5. The Morgan fingerprint density at radius 2 is 1.81 bits per heavy atom. The molecule has 1 aromatic heterocycles. The Bertz CT molecular complexity index is 1090. The Balaban J connectivity index is 1.84. The molecule has 0 unspecified atom stereocenters. The molecule has 31 heavy (non-hydrogen) atoms. The summed E-state index contributed by atoms with van der Waals surface area (Å²) in [5.74, 6) is -0.531. The van der Waals surface area contributed by atoms with Crippen LogP contribution in [0.15, 0.2) is 48.5 Å². The number of nitrogens with zero attached hydrogens (tertiary/aromatic N) is 3. The molecular formula is C23H23F4N3O. The molecule has 0 saturated heterocycles. The van der Waals surface area contributed by atoms with Gasteiger partial charge >= 0.3 is 6.18 Å². The molecular weight excluding hydrogens is 410 g/mol. The summed E-state index contributed by atoms with van der Waals surface area (Å²) >= 11 is 0. The van der Waals surface area contributed by atoms with Gasteiger partial charge in [0.25, 0.3) is 0 Å². The van der Waals surface area contributed by atoms with E-state index in [4.69, 9.17) is 0 Å². The van der Waals surface area contributed by atoms with E-state index in [2.05, 4.69) is 5.10 Å². The molecule has 0 spiro atoms. The minimum absolute atomic E-state index is 0.0553. The lowest BCUT2D eigenvalue weighted by molar-refractivity contribution is -0.137. The summed E-state index contributed by atoms with van der Waals surface area (Å²) < 4.78 is 54.1. The summed E-state index contributed by atoms with van der Waals surface area (Å²) in [4.78, 5) is 14.5. The third kappa shape index (κ3) is 5.13. The molecule has 3 aromatic rings. The maximum absolute atomic E-state index is 13.5. The van der Waals surface area contributed by atoms with E-state index in [0.29, 0.717) is 29.1 Å². The van der Waals surface area contributed by atoms with Crippen LogP contribution in [-0.4, -0.2) is 27.1 Å². The van der Waals surface area contributed by atoms with Crippen LogP contribution >= 0.6 is 0 Å². The fraction of sp³-hybridized carbons (Fsp3) is 0.304. The molecule has 3 rings (SSSR count). The molecule has 164 valence electrons. The van der Waals surface area contributed by atoms with Crippen molar-refractivity contribution in [2.75, 3.05) is 6.54 Å². The van der Waals surface area contributed by atoms with Crippen molar-refractivity contribution in [1.29, 1.82) is 0 Å². The molecule has 0 saturated carbocycles. The molecule has 2 aromatic carbocycles. The maximum atomic E-state index is 13.5. The SMILES string of the molecule is CCN(Cc1cccc(F)c1)C(=O)Cc1c(C)nn(-c2cccc(C(F)(F)F)c2)c1C. The fourth-order valence-electron chi connectivity index (χ4n) is 3.49. The van der Waals surface area contributed by atoms with E-state index in [0.717, 1.165) is 12.1 Å². The first-order valence-corrected chi connectivity index (χ1v) is 9.85. The van der Waals surface area contributed by atoms with E-state index in [-0.39, 0.29) is 30.4 Å². The number of hydrogen-bond donors (Lipinski definition) is 0. The minimum atomic E-state index is -4.45. The van der Waals surface area contributed by atoms with Crippen molar-refractivity contribution >= 4 is 5.91 Å². The quantitative estimate of drug-likeness (QED) is 0.499. The fourth-order valence-corrected chi connectivity index (χ4v) is 3.49. The van der Waals surface area contributed by atoms with E-state index in [1.807, 2.05) is 6.92 Å². The average molecular weight is 433 g/mol. The van der Waals surface area contributed by atoms with Gasteiger partial charge in [-0.25, -0.2) is 9.07 Å². The van der Waals surface area contributed by atoms with E-state index in [1.54, 1.807) is 36.9 Å². The van der Waals surface area contributed by atoms with E-state index < -0.39 is 11.7 Å². The Morgan fingerprint density at radius 3 is 2.45 bits per heavy atom. The summed E-state index contributed by atoms with van der Waals surface area (Å²) in [5, 5.41) is 4.37. The Kier molecular flexibility index (Phi) is 6.48. The van der Waals surface area contributed by atoms with Gasteiger partial charge in [0.2, 0.25) is 5.91 Å². The van der Waals surface area contributed by atoms with Gasteiger partial charge in [0.1, 0.15) is 5.82 Å². The third-order valence-corrected chi connectivity index (χ3v) is 5.18. The lowest BCUT2D eigenvalue weighted by atomic mass is 10.1. The summed E-state index contributed by atoms with van der Waals surface area (Å²) in [7, 11) is 0. The molecule has 0 N–H and O–H groups in total. The van der Waals surface area contributed by atoms with Gasteiger partial charge in [0.05, 0.1) is 23.4 Å². The van der Waals surface area contributed by atoms with Gasteiger partial charge in [0, 0.05) is 24.3 Å². The first kappa shape index (κ1) is 22.5. The second-order valence-corrected chi connectivity index (χ2v) is 7.32. The summed E-state index contributed by atoms with van der Waals surface area (Å²) in [6.45, 7) is 6.00. The third-order valence-electron chi connectivity index (χ3n) is 5.18. The van der Waals surface area contributed by atoms with Crippen LogP contribution in [0, 0.1) is 19.7 Å². The lowest BCUT2D eigenvalue weighted by Crippen LogP contribution is -2.31. The second-order valence-electron chi connectivity index (χ2n) is 7.32. The minimum Gasteiger partial charge on any atom is -0.338 e. The Hall–Kier alpha value is -3.16. The number of amides is 1. The standard InChI is InChI=1S/C23H23F4N3O/c1-4-29(14-17-7-5-9-19(24)11-17)22(31)13-21-15(2)28-30(16(21)3)20-10-6-8-18(12-20)23(25,26)27/h5-12H,4,13-14H2,1-3H3. The normalized spacial score (nSPS) is 11.6. The summed E-state index contributed by atoms with van der Waals surface area (Å²) in [6, 6.07) is 11.0. The van der Waals surface area contributed by atoms with Crippen LogP contribution in [0.4, 0.5) is 17.6 Å². The summed E-state index contributed by atoms with van der Waals surface area (Å²) in [6.07, 6.45) is -4.40. The number of hydrogen-bond acceptors (Lipinski definition) is 2. The lowest BCUT2D eigenvalue weighted by Gasteiger charge is -2.21. The van der Waals surface area contributed by atoms with Crippen molar-refractivity contribution in [1.82, 2.24) is 14.7 Å².